The molecule has 0 saturated heterocycles. The van der Waals surface area contributed by atoms with Gasteiger partial charge in [0.2, 0.25) is 0 Å². The average Bonchev–Trinajstić information content (AvgIpc) is 3.19. The minimum Gasteiger partial charge on any atom is -0.494 e. The minimum absolute atomic E-state index is 0.0995. The number of nitrogens with one attached hydrogen (secondary N) is 1. The first-order valence-corrected chi connectivity index (χ1v) is 9.08. The Morgan fingerprint density at radius 2 is 2.11 bits per heavy atom. The van der Waals surface area contributed by atoms with E-state index < -0.39 is 0 Å². The molecule has 0 radical (unpaired) electrons. The number of carbonyl (C=O) groups excluding carboxylic acids is 1. The summed E-state index contributed by atoms with van der Waals surface area (Å²) in [5, 5.41) is 21.3. The summed E-state index contributed by atoms with van der Waals surface area (Å²) >= 11 is 0. The summed E-state index contributed by atoms with van der Waals surface area (Å²) in [6.45, 7) is 4.08. The number of hydrogen-bond acceptors (Lipinski definition) is 4. The zero-order chi connectivity index (χ0) is 19.0. The molecular weight excluding hydrogens is 338 g/mol. The second-order valence-corrected chi connectivity index (χ2v) is 7.35. The van der Waals surface area contributed by atoms with Crippen LogP contribution in [0, 0.1) is 5.92 Å². The number of aromatic nitrogens is 1. The number of hydrogen-bond donors (Lipinski definition) is 2. The van der Waals surface area contributed by atoms with Crippen LogP contribution in [0.4, 0.5) is 5.69 Å². The van der Waals surface area contributed by atoms with Crippen LogP contribution in [0.5, 0.6) is 5.88 Å². The van der Waals surface area contributed by atoms with Crippen LogP contribution in [0.3, 0.4) is 0 Å². The van der Waals surface area contributed by atoms with E-state index in [1.807, 2.05) is 56.3 Å². The molecule has 0 atom stereocenters. The Hall–Kier alpha value is -3.21. The summed E-state index contributed by atoms with van der Waals surface area (Å²) in [5.41, 5.74) is 3.25. The number of benzene rings is 2. The number of aromatic amines is 1. The van der Waals surface area contributed by atoms with Crippen LogP contribution in [-0.2, 0) is 11.2 Å². The molecule has 0 spiro atoms. The number of fused-ring (bicyclic) bond motifs is 2. The van der Waals surface area contributed by atoms with Crippen molar-refractivity contribution in [3.8, 4) is 5.88 Å². The predicted molar refractivity (Wildman–Crippen MR) is 106 cm³/mol. The third-order valence-electron chi connectivity index (χ3n) is 4.69. The highest BCUT2D eigenvalue weighted by Gasteiger charge is 2.14. The van der Waals surface area contributed by atoms with Gasteiger partial charge in [0.05, 0.1) is 17.4 Å². The van der Waals surface area contributed by atoms with Gasteiger partial charge in [-0.05, 0) is 28.8 Å². The highest BCUT2D eigenvalue weighted by Crippen LogP contribution is 2.30. The van der Waals surface area contributed by atoms with Crippen LogP contribution in [0.2, 0.25) is 0 Å². The van der Waals surface area contributed by atoms with Gasteiger partial charge in [-0.1, -0.05) is 44.2 Å². The fourth-order valence-corrected chi connectivity index (χ4v) is 3.49. The molecule has 0 saturated carbocycles. The number of Topliss-reactive ketones (excluding diaryl/α,β-unsaturated/α-hetero) is 1. The molecule has 0 aliphatic carbocycles. The molecule has 4 rings (SSSR count). The Balaban J connectivity index is 1.77. The van der Waals surface area contributed by atoms with Gasteiger partial charge >= 0.3 is 0 Å². The van der Waals surface area contributed by atoms with Gasteiger partial charge in [-0.3, -0.25) is 4.79 Å². The van der Waals surface area contributed by atoms with E-state index >= 15 is 0 Å². The molecule has 3 aromatic rings. The largest absolute Gasteiger partial charge is 0.494 e. The molecule has 0 bridgehead atoms. The minimum atomic E-state index is 0.0995. The molecule has 5 nitrogen and oxygen atoms in total. The van der Waals surface area contributed by atoms with Crippen molar-refractivity contribution in [2.24, 2.45) is 16.1 Å². The maximum Gasteiger partial charge on any atom is 0.196 e. The van der Waals surface area contributed by atoms with Crippen LogP contribution in [-0.4, -0.2) is 15.9 Å². The monoisotopic (exact) mass is 359 g/mol. The predicted octanol–water partition coefficient (Wildman–Crippen LogP) is 3.70. The Morgan fingerprint density at radius 3 is 2.93 bits per heavy atom. The maximum atomic E-state index is 12.3. The molecule has 2 N–H and O–H groups in total. The van der Waals surface area contributed by atoms with E-state index in [1.165, 1.54) is 0 Å². The lowest BCUT2D eigenvalue weighted by Gasteiger charge is -2.05. The normalized spacial score (nSPS) is 13.4. The number of azo groups is 1. The number of rotatable bonds is 5. The molecule has 27 heavy (non-hydrogen) atoms. The molecule has 136 valence electrons. The highest BCUT2D eigenvalue weighted by molar-refractivity contribution is 5.96. The Morgan fingerprint density at radius 1 is 1.26 bits per heavy atom. The summed E-state index contributed by atoms with van der Waals surface area (Å²) < 4.78 is 0. The first-order chi connectivity index (χ1) is 13.0. The second kappa shape index (κ2) is 6.83. The van der Waals surface area contributed by atoms with Gasteiger partial charge in [-0.15, -0.1) is 0 Å². The molecule has 1 aliphatic heterocycles. The lowest BCUT2D eigenvalue weighted by molar-refractivity contribution is -0.119. The molecule has 5 heteroatoms. The molecule has 0 unspecified atom stereocenters. The first kappa shape index (κ1) is 17.2. The van der Waals surface area contributed by atoms with Gasteiger partial charge in [-0.2, -0.15) is 10.2 Å². The number of para-hydroxylation sites is 1. The van der Waals surface area contributed by atoms with Crippen LogP contribution < -0.4 is 10.4 Å². The van der Waals surface area contributed by atoms with Crippen molar-refractivity contribution in [3.63, 3.8) is 0 Å². The molecule has 0 fully saturated rings. The fraction of sp³-hybridized carbons (Fsp3) is 0.227. The van der Waals surface area contributed by atoms with Gasteiger partial charge in [-0.25, -0.2) is 0 Å². The Labute approximate surface area is 156 Å². The maximum absolute atomic E-state index is 12.3. The van der Waals surface area contributed by atoms with Crippen LogP contribution >= 0.6 is 0 Å². The van der Waals surface area contributed by atoms with E-state index in [2.05, 4.69) is 15.2 Å². The number of nitrogens with zero attached hydrogens (tertiary/aromatic N) is 2. The van der Waals surface area contributed by atoms with Crippen molar-refractivity contribution in [1.82, 2.24) is 4.98 Å². The molecule has 1 aromatic heterocycles. The summed E-state index contributed by atoms with van der Waals surface area (Å²) in [4.78, 5) is 15.3. The standard InChI is InChI=1S/C22H21N3O2/c1-13(2)8-17(26)11-15-4-3-5-18-19(22(27)24-21(15)18)9-14-6-7-16-12-23-25-20(16)10-14/h3-7,9-10,12-13,24,27H,8,11H2,1-2H3. The Bertz CT molecular complexity index is 1190. The van der Waals surface area contributed by atoms with Crippen molar-refractivity contribution in [3.05, 3.63) is 58.0 Å². The lowest BCUT2D eigenvalue weighted by atomic mass is 9.99. The first-order valence-electron chi connectivity index (χ1n) is 9.08. The fourth-order valence-electron chi connectivity index (χ4n) is 3.49. The highest BCUT2D eigenvalue weighted by atomic mass is 16.3. The molecule has 0 amide bonds. The third kappa shape index (κ3) is 3.40. The zero-order valence-electron chi connectivity index (χ0n) is 15.4. The number of H-pyrrole nitrogens is 1. The van der Waals surface area contributed by atoms with Crippen LogP contribution in [0.25, 0.3) is 23.2 Å². The molecule has 1 aliphatic rings. The third-order valence-corrected chi connectivity index (χ3v) is 4.69. The van der Waals surface area contributed by atoms with E-state index in [9.17, 15) is 9.90 Å². The number of ketones is 1. The van der Waals surface area contributed by atoms with E-state index in [0.717, 1.165) is 32.6 Å². The van der Waals surface area contributed by atoms with Gasteiger partial charge in [0.15, 0.2) is 5.88 Å². The van der Waals surface area contributed by atoms with Crippen molar-refractivity contribution in [2.75, 3.05) is 0 Å². The zero-order valence-corrected chi connectivity index (χ0v) is 15.4. The molecule has 2 aromatic carbocycles. The summed E-state index contributed by atoms with van der Waals surface area (Å²) in [6.07, 6.45) is 4.57. The van der Waals surface area contributed by atoms with E-state index in [0.29, 0.717) is 24.3 Å². The quantitative estimate of drug-likeness (QED) is 0.729. The average molecular weight is 359 g/mol. The SMILES string of the molecule is CC(C)CC(=O)Cc1cccc2c(C=c3ccc4c(c3)N=NC=4)c(O)[nH]c12. The Kier molecular flexibility index (Phi) is 4.36. The van der Waals surface area contributed by atoms with Gasteiger partial charge in [0.1, 0.15) is 5.78 Å². The van der Waals surface area contributed by atoms with Crippen molar-refractivity contribution in [2.45, 2.75) is 26.7 Å². The van der Waals surface area contributed by atoms with E-state index in [1.54, 1.807) is 6.20 Å². The summed E-state index contributed by atoms with van der Waals surface area (Å²) in [5.74, 6) is 0.645. The van der Waals surface area contributed by atoms with E-state index in [-0.39, 0.29) is 11.7 Å². The van der Waals surface area contributed by atoms with Crippen LogP contribution in [0.15, 0.2) is 46.6 Å². The molecular formula is C22H21N3O2. The van der Waals surface area contributed by atoms with Gasteiger partial charge in [0.25, 0.3) is 0 Å². The number of carbonyl (C=O) groups is 1. The van der Waals surface area contributed by atoms with Gasteiger partial charge < -0.3 is 10.1 Å². The summed E-state index contributed by atoms with van der Waals surface area (Å²) in [7, 11) is 0. The smallest absolute Gasteiger partial charge is 0.196 e. The van der Waals surface area contributed by atoms with E-state index in [4.69, 9.17) is 0 Å². The van der Waals surface area contributed by atoms with Crippen molar-refractivity contribution in [1.29, 1.82) is 0 Å². The van der Waals surface area contributed by atoms with Crippen LogP contribution in [0.1, 0.15) is 31.4 Å². The summed E-state index contributed by atoms with van der Waals surface area (Å²) in [6, 6.07) is 11.7. The lowest BCUT2D eigenvalue weighted by Crippen LogP contribution is -2.07. The van der Waals surface area contributed by atoms with Crippen molar-refractivity contribution < 1.29 is 9.90 Å². The second-order valence-electron chi connectivity index (χ2n) is 7.35. The van der Waals surface area contributed by atoms with Crippen molar-refractivity contribution >= 4 is 34.6 Å². The topological polar surface area (TPSA) is 77.8 Å². The number of aromatic hydroxyl groups is 1. The molecule has 2 heterocycles. The van der Waals surface area contributed by atoms with Gasteiger partial charge in [0, 0.05) is 29.0 Å².